The molecule has 2 aromatic rings. The fraction of sp³-hybridized carbons (Fsp3) is 0.429. The number of carbonyl (C=O) groups excluding carboxylic acids is 2. The zero-order valence-corrected chi connectivity index (χ0v) is 18.7. The number of rotatable bonds is 7. The van der Waals surface area contributed by atoms with E-state index < -0.39 is 0 Å². The number of hydrogen-bond donors (Lipinski definition) is 3. The van der Waals surface area contributed by atoms with Gasteiger partial charge in [-0.2, -0.15) is 0 Å². The number of carbonyl (C=O) groups is 2. The molecule has 3 rings (SSSR count). The highest BCUT2D eigenvalue weighted by molar-refractivity contribution is 7.99. The first-order valence-corrected chi connectivity index (χ1v) is 11.1. The number of primary amides is 1. The summed E-state index contributed by atoms with van der Waals surface area (Å²) in [6, 6.07) is 9.24. The van der Waals surface area contributed by atoms with Gasteiger partial charge in [0, 0.05) is 36.7 Å². The Morgan fingerprint density at radius 2 is 2.06 bits per heavy atom. The topological polar surface area (TPSA) is 122 Å². The molecule has 4 N–H and O–H groups in total. The first-order chi connectivity index (χ1) is 14.9. The second-order valence-corrected chi connectivity index (χ2v) is 8.62. The van der Waals surface area contributed by atoms with Crippen LogP contribution in [-0.2, 0) is 15.3 Å². The van der Waals surface area contributed by atoms with Crippen LogP contribution in [0.1, 0.15) is 19.5 Å². The number of benzene rings is 1. The van der Waals surface area contributed by atoms with Gasteiger partial charge >= 0.3 is 6.03 Å². The van der Waals surface area contributed by atoms with Crippen molar-refractivity contribution in [1.82, 2.24) is 15.3 Å². The number of aromatic nitrogens is 2. The smallest absolute Gasteiger partial charge is 0.318 e. The van der Waals surface area contributed by atoms with E-state index in [0.29, 0.717) is 30.5 Å². The molecule has 2 heterocycles. The second-order valence-electron chi connectivity index (χ2n) is 7.30. The van der Waals surface area contributed by atoms with Crippen molar-refractivity contribution in [1.29, 1.82) is 0 Å². The molecule has 0 spiro atoms. The Labute approximate surface area is 186 Å². The number of hydrogen-bond acceptors (Lipinski definition) is 7. The normalized spacial score (nSPS) is 17.1. The van der Waals surface area contributed by atoms with E-state index in [9.17, 15) is 9.59 Å². The molecule has 9 nitrogen and oxygen atoms in total. The minimum absolute atomic E-state index is 0.195. The number of ether oxygens (including phenoxy) is 1. The van der Waals surface area contributed by atoms with Crippen LogP contribution >= 0.6 is 11.8 Å². The van der Waals surface area contributed by atoms with Crippen molar-refractivity contribution in [2.45, 2.75) is 30.9 Å². The van der Waals surface area contributed by atoms with Crippen LogP contribution in [0.15, 0.2) is 30.3 Å². The zero-order chi connectivity index (χ0) is 22.4. The van der Waals surface area contributed by atoms with Gasteiger partial charge in [-0.25, -0.2) is 14.8 Å². The standard InChI is InChI=1S/C21H28N6O3S/c1-13-11-30-9-8-27(13)18-10-17(12-31-14(2)19(22)28)24-20(26-18)15-4-6-16(7-5-15)25-21(29)23-3/h4-7,10,13-14H,8-9,11-12H2,1-3H3,(H2,22,28)(H2,23,25,29). The molecule has 10 heteroatoms. The molecule has 1 aromatic heterocycles. The third-order valence-corrected chi connectivity index (χ3v) is 6.13. The molecule has 0 bridgehead atoms. The monoisotopic (exact) mass is 444 g/mol. The molecule has 2 unspecified atom stereocenters. The highest BCUT2D eigenvalue weighted by atomic mass is 32.2. The number of nitrogens with one attached hydrogen (secondary N) is 2. The lowest BCUT2D eigenvalue weighted by atomic mass is 10.2. The lowest BCUT2D eigenvalue weighted by molar-refractivity contribution is -0.117. The van der Waals surface area contributed by atoms with Crippen LogP contribution in [0.5, 0.6) is 0 Å². The molecule has 1 aliphatic heterocycles. The molecule has 31 heavy (non-hydrogen) atoms. The van der Waals surface area contributed by atoms with E-state index in [1.54, 1.807) is 14.0 Å². The van der Waals surface area contributed by atoms with Crippen LogP contribution < -0.4 is 21.3 Å². The van der Waals surface area contributed by atoms with E-state index in [1.807, 2.05) is 30.3 Å². The van der Waals surface area contributed by atoms with Crippen molar-refractivity contribution in [3.63, 3.8) is 0 Å². The average molecular weight is 445 g/mol. The lowest BCUT2D eigenvalue weighted by Gasteiger charge is -2.34. The van der Waals surface area contributed by atoms with Crippen molar-refractivity contribution >= 4 is 35.2 Å². The van der Waals surface area contributed by atoms with Gasteiger partial charge < -0.3 is 26.0 Å². The average Bonchev–Trinajstić information content (AvgIpc) is 2.77. The molecule has 166 valence electrons. The van der Waals surface area contributed by atoms with Gasteiger partial charge in [0.05, 0.1) is 30.2 Å². The number of anilines is 2. The Morgan fingerprint density at radius 1 is 1.32 bits per heavy atom. The number of thioether (sulfide) groups is 1. The zero-order valence-electron chi connectivity index (χ0n) is 17.9. The number of nitrogens with zero attached hydrogens (tertiary/aromatic N) is 3. The Morgan fingerprint density at radius 3 is 2.71 bits per heavy atom. The van der Waals surface area contributed by atoms with Gasteiger partial charge in [-0.1, -0.05) is 0 Å². The van der Waals surface area contributed by atoms with Crippen LogP contribution in [-0.4, -0.2) is 60.0 Å². The number of nitrogens with two attached hydrogens (primary N) is 1. The van der Waals surface area contributed by atoms with Crippen molar-refractivity contribution in [3.8, 4) is 11.4 Å². The van der Waals surface area contributed by atoms with Crippen LogP contribution in [0, 0.1) is 0 Å². The highest BCUT2D eigenvalue weighted by Gasteiger charge is 2.22. The van der Waals surface area contributed by atoms with E-state index in [4.69, 9.17) is 20.4 Å². The second kappa shape index (κ2) is 10.5. The first-order valence-electron chi connectivity index (χ1n) is 10.1. The summed E-state index contributed by atoms with van der Waals surface area (Å²) in [5.74, 6) is 1.61. The maximum Gasteiger partial charge on any atom is 0.318 e. The Balaban J connectivity index is 1.90. The van der Waals surface area contributed by atoms with Gasteiger partial charge in [0.25, 0.3) is 0 Å². The molecule has 2 atom stereocenters. The van der Waals surface area contributed by atoms with Crippen LogP contribution in [0.2, 0.25) is 0 Å². The van der Waals surface area contributed by atoms with E-state index >= 15 is 0 Å². The summed E-state index contributed by atoms with van der Waals surface area (Å²) in [5, 5.41) is 4.95. The fourth-order valence-electron chi connectivity index (χ4n) is 3.09. The largest absolute Gasteiger partial charge is 0.377 e. The number of morpholine rings is 1. The minimum atomic E-state index is -0.347. The number of urea groups is 1. The third kappa shape index (κ3) is 6.08. The lowest BCUT2D eigenvalue weighted by Crippen LogP contribution is -2.44. The summed E-state index contributed by atoms with van der Waals surface area (Å²) in [6.45, 7) is 5.92. The van der Waals surface area contributed by atoms with Gasteiger partial charge in [-0.3, -0.25) is 4.79 Å². The Hall–Kier alpha value is -2.85. The van der Waals surface area contributed by atoms with E-state index in [2.05, 4.69) is 22.5 Å². The molecule has 0 radical (unpaired) electrons. The SMILES string of the molecule is CNC(=O)Nc1ccc(-c2nc(CSC(C)C(N)=O)cc(N3CCOCC3C)n2)cc1. The van der Waals surface area contributed by atoms with Crippen LogP contribution in [0.4, 0.5) is 16.3 Å². The summed E-state index contributed by atoms with van der Waals surface area (Å²) < 4.78 is 5.56. The quantitative estimate of drug-likeness (QED) is 0.598. The van der Waals surface area contributed by atoms with E-state index in [-0.39, 0.29) is 23.2 Å². The predicted molar refractivity (Wildman–Crippen MR) is 123 cm³/mol. The van der Waals surface area contributed by atoms with Gasteiger partial charge in [-0.15, -0.1) is 11.8 Å². The van der Waals surface area contributed by atoms with Crippen LogP contribution in [0.3, 0.4) is 0 Å². The van der Waals surface area contributed by atoms with Crippen molar-refractivity contribution in [3.05, 3.63) is 36.0 Å². The Bertz CT molecular complexity index is 924. The summed E-state index contributed by atoms with van der Waals surface area (Å²) in [5.41, 5.74) is 7.73. The molecule has 0 aliphatic carbocycles. The maximum absolute atomic E-state index is 11.5. The molecule has 0 saturated carbocycles. The molecule has 1 fully saturated rings. The molecular formula is C21H28N6O3S. The first kappa shape index (κ1) is 22.8. The summed E-state index contributed by atoms with van der Waals surface area (Å²) in [4.78, 5) is 34.7. The molecular weight excluding hydrogens is 416 g/mol. The Kier molecular flexibility index (Phi) is 7.69. The van der Waals surface area contributed by atoms with Gasteiger partial charge in [-0.05, 0) is 38.1 Å². The van der Waals surface area contributed by atoms with Crippen molar-refractivity contribution in [2.24, 2.45) is 5.73 Å². The summed E-state index contributed by atoms with van der Waals surface area (Å²) in [6.07, 6.45) is 0. The molecule has 1 saturated heterocycles. The maximum atomic E-state index is 11.5. The number of amides is 3. The molecule has 1 aliphatic rings. The van der Waals surface area contributed by atoms with Crippen molar-refractivity contribution in [2.75, 3.05) is 37.0 Å². The molecule has 3 amide bonds. The highest BCUT2D eigenvalue weighted by Crippen LogP contribution is 2.26. The third-order valence-electron chi connectivity index (χ3n) is 4.94. The van der Waals surface area contributed by atoms with E-state index in [0.717, 1.165) is 23.6 Å². The van der Waals surface area contributed by atoms with Gasteiger partial charge in [0.15, 0.2) is 5.82 Å². The van der Waals surface area contributed by atoms with Gasteiger partial charge in [0.1, 0.15) is 5.82 Å². The fourth-order valence-corrected chi connectivity index (χ4v) is 3.82. The van der Waals surface area contributed by atoms with E-state index in [1.165, 1.54) is 11.8 Å². The van der Waals surface area contributed by atoms with Crippen molar-refractivity contribution < 1.29 is 14.3 Å². The molecule has 1 aromatic carbocycles. The van der Waals surface area contributed by atoms with Gasteiger partial charge in [0.2, 0.25) is 5.91 Å². The van der Waals surface area contributed by atoms with Crippen LogP contribution in [0.25, 0.3) is 11.4 Å². The summed E-state index contributed by atoms with van der Waals surface area (Å²) >= 11 is 1.45. The summed E-state index contributed by atoms with van der Waals surface area (Å²) in [7, 11) is 1.56. The predicted octanol–water partition coefficient (Wildman–Crippen LogP) is 2.23. The minimum Gasteiger partial charge on any atom is -0.377 e.